The molecule has 0 radical (unpaired) electrons. The van der Waals surface area contributed by atoms with Crippen LogP contribution in [0.5, 0.6) is 5.75 Å². The van der Waals surface area contributed by atoms with Gasteiger partial charge in [-0.2, -0.15) is 9.78 Å². The Morgan fingerprint density at radius 1 is 1.05 bits per heavy atom. The fraction of sp³-hybridized carbons (Fsp3) is 0.188. The summed E-state index contributed by atoms with van der Waals surface area (Å²) in [5, 5.41) is 5.02. The van der Waals surface area contributed by atoms with Gasteiger partial charge in [-0.25, -0.2) is 4.98 Å². The number of nitrogens with zero attached hydrogens (tertiary/aromatic N) is 3. The number of Topliss-reactive ketones (excluding diaryl/α,β-unsaturated/α-hetero) is 1. The van der Waals surface area contributed by atoms with E-state index < -0.39 is 0 Å². The average molecular weight is 520 g/mol. The van der Waals surface area contributed by atoms with Gasteiger partial charge in [0.15, 0.2) is 11.6 Å². The zero-order valence-electron chi connectivity index (χ0n) is 22.6. The second-order valence-electron chi connectivity index (χ2n) is 9.71. The van der Waals surface area contributed by atoms with E-state index in [0.29, 0.717) is 33.8 Å². The van der Waals surface area contributed by atoms with Gasteiger partial charge < -0.3 is 9.15 Å². The third kappa shape index (κ3) is 5.03. The first kappa shape index (κ1) is 25.9. The maximum Gasteiger partial charge on any atom is 0.282 e. The molecule has 0 aliphatic rings. The zero-order valence-corrected chi connectivity index (χ0v) is 22.6. The molecule has 0 spiro atoms. The van der Waals surface area contributed by atoms with Crippen molar-refractivity contribution in [2.45, 2.75) is 33.6 Å². The molecule has 0 unspecified atom stereocenters. The summed E-state index contributed by atoms with van der Waals surface area (Å²) in [6.07, 6.45) is 1.51. The number of ether oxygens (including phenoxy) is 1. The topological polar surface area (TPSA) is 86.7 Å². The van der Waals surface area contributed by atoms with Crippen molar-refractivity contribution in [2.24, 2.45) is 5.10 Å². The molecule has 5 aromatic rings. The van der Waals surface area contributed by atoms with Crippen molar-refractivity contribution in [1.29, 1.82) is 0 Å². The predicted octanol–water partition coefficient (Wildman–Crippen LogP) is 6.85. The van der Waals surface area contributed by atoms with Gasteiger partial charge in [-0.15, -0.1) is 0 Å². The van der Waals surface area contributed by atoms with Crippen LogP contribution in [0.25, 0.3) is 33.6 Å². The average Bonchev–Trinajstić information content (AvgIpc) is 3.41. The number of carbonyl (C=O) groups is 1. The molecule has 7 nitrogen and oxygen atoms in total. The summed E-state index contributed by atoms with van der Waals surface area (Å²) in [4.78, 5) is 30.1. The number of hydrogen-bond acceptors (Lipinski definition) is 6. The van der Waals surface area contributed by atoms with Gasteiger partial charge in [0.1, 0.15) is 17.3 Å². The van der Waals surface area contributed by atoms with Crippen LogP contribution < -0.4 is 10.3 Å². The lowest BCUT2D eigenvalue weighted by Gasteiger charge is -2.17. The van der Waals surface area contributed by atoms with Crippen LogP contribution in [0.3, 0.4) is 0 Å². The Kier molecular flexibility index (Phi) is 6.98. The van der Waals surface area contributed by atoms with Crippen LogP contribution in [0.2, 0.25) is 0 Å². The summed E-state index contributed by atoms with van der Waals surface area (Å²) < 4.78 is 12.9. The van der Waals surface area contributed by atoms with Crippen LogP contribution in [0, 0.1) is 6.92 Å². The summed E-state index contributed by atoms with van der Waals surface area (Å²) in [7, 11) is 1.66. The van der Waals surface area contributed by atoms with Crippen molar-refractivity contribution >= 4 is 22.9 Å². The Balaban J connectivity index is 1.61. The number of hydrogen-bond donors (Lipinski definition) is 0. The summed E-state index contributed by atoms with van der Waals surface area (Å²) in [5.41, 5.74) is 4.51. The van der Waals surface area contributed by atoms with E-state index >= 15 is 0 Å². The van der Waals surface area contributed by atoms with Gasteiger partial charge in [0.25, 0.3) is 5.56 Å². The van der Waals surface area contributed by atoms with E-state index in [0.717, 1.165) is 28.0 Å². The van der Waals surface area contributed by atoms with Crippen molar-refractivity contribution in [1.82, 2.24) is 9.66 Å². The Hall–Kier alpha value is -4.78. The minimum Gasteiger partial charge on any atom is -0.496 e. The molecule has 0 amide bonds. The minimum absolute atomic E-state index is 0.00618. The molecule has 0 aliphatic carbocycles. The van der Waals surface area contributed by atoms with E-state index in [1.54, 1.807) is 31.4 Å². The highest BCUT2D eigenvalue weighted by molar-refractivity contribution is 5.94. The molecule has 0 bridgehead atoms. The number of aryl methyl sites for hydroxylation is 1. The summed E-state index contributed by atoms with van der Waals surface area (Å²) in [6.45, 7) is 7.69. The number of para-hydroxylation sites is 1. The number of benzene rings is 3. The van der Waals surface area contributed by atoms with Crippen molar-refractivity contribution in [3.8, 4) is 28.5 Å². The maximum atomic E-state index is 13.6. The number of fused-ring (bicyclic) bond motifs is 1. The van der Waals surface area contributed by atoms with Crippen LogP contribution in [0.15, 0.2) is 87.1 Å². The summed E-state index contributed by atoms with van der Waals surface area (Å²) in [5.74, 6) is 2.54. The van der Waals surface area contributed by atoms with Crippen LogP contribution in [0.1, 0.15) is 53.9 Å². The Morgan fingerprint density at radius 2 is 1.79 bits per heavy atom. The highest BCUT2D eigenvalue weighted by Gasteiger charge is 2.18. The SMILES string of the molecule is COc1cc(C)c(-c2nc3ccccc3c(=O)n2N=Cc2ccc(-c3ccc(C(C)=O)cc3)o2)cc1C(C)C. The second kappa shape index (κ2) is 10.5. The molecular formula is C32H29N3O4. The van der Waals surface area contributed by atoms with E-state index in [2.05, 4.69) is 18.9 Å². The van der Waals surface area contributed by atoms with Gasteiger partial charge in [-0.1, -0.05) is 50.2 Å². The van der Waals surface area contributed by atoms with E-state index in [-0.39, 0.29) is 17.3 Å². The molecule has 2 aromatic heterocycles. The molecule has 0 atom stereocenters. The Morgan fingerprint density at radius 3 is 2.49 bits per heavy atom. The van der Waals surface area contributed by atoms with Gasteiger partial charge in [0, 0.05) is 16.7 Å². The molecule has 3 aromatic carbocycles. The summed E-state index contributed by atoms with van der Waals surface area (Å²) >= 11 is 0. The van der Waals surface area contributed by atoms with Crippen LogP contribution >= 0.6 is 0 Å². The van der Waals surface area contributed by atoms with Crippen LogP contribution in [0.4, 0.5) is 0 Å². The third-order valence-corrected chi connectivity index (χ3v) is 6.70. The van der Waals surface area contributed by atoms with E-state index in [9.17, 15) is 9.59 Å². The first-order valence-corrected chi connectivity index (χ1v) is 12.7. The largest absolute Gasteiger partial charge is 0.496 e. The molecule has 7 heteroatoms. The molecule has 196 valence electrons. The number of aromatic nitrogens is 2. The molecule has 5 rings (SSSR count). The highest BCUT2D eigenvalue weighted by Crippen LogP contribution is 2.34. The lowest BCUT2D eigenvalue weighted by atomic mass is 9.96. The fourth-order valence-corrected chi connectivity index (χ4v) is 4.53. The minimum atomic E-state index is -0.278. The van der Waals surface area contributed by atoms with Crippen molar-refractivity contribution in [3.63, 3.8) is 0 Å². The van der Waals surface area contributed by atoms with Crippen LogP contribution in [-0.2, 0) is 0 Å². The zero-order chi connectivity index (χ0) is 27.7. The van der Waals surface area contributed by atoms with Crippen molar-refractivity contribution in [2.75, 3.05) is 7.11 Å². The monoisotopic (exact) mass is 519 g/mol. The van der Waals surface area contributed by atoms with Gasteiger partial charge in [-0.3, -0.25) is 9.59 Å². The van der Waals surface area contributed by atoms with Gasteiger partial charge in [-0.05, 0) is 67.3 Å². The van der Waals surface area contributed by atoms with Gasteiger partial charge >= 0.3 is 0 Å². The van der Waals surface area contributed by atoms with Crippen molar-refractivity contribution in [3.05, 3.63) is 106 Å². The first-order valence-electron chi connectivity index (χ1n) is 12.7. The molecule has 0 saturated carbocycles. The molecule has 2 heterocycles. The number of carbonyl (C=O) groups excluding carboxylic acids is 1. The molecular weight excluding hydrogens is 490 g/mol. The molecule has 39 heavy (non-hydrogen) atoms. The van der Waals surface area contributed by atoms with E-state index in [1.807, 2.05) is 55.5 Å². The first-order chi connectivity index (χ1) is 18.8. The molecule has 0 aliphatic heterocycles. The fourth-order valence-electron chi connectivity index (χ4n) is 4.53. The standard InChI is InChI=1S/C32H29N3O4/c1-19(2)26-17-27(20(3)16-30(26)38-5)31-34-28-9-7-6-8-25(28)32(37)35(31)33-18-24-14-15-29(39-24)23-12-10-22(11-13-23)21(4)36/h6-19H,1-5H3. The Bertz CT molecular complexity index is 1780. The molecule has 0 N–H and O–H groups in total. The molecule has 0 fully saturated rings. The Labute approximate surface area is 226 Å². The van der Waals surface area contributed by atoms with Crippen molar-refractivity contribution < 1.29 is 13.9 Å². The maximum absolute atomic E-state index is 13.6. The third-order valence-electron chi connectivity index (χ3n) is 6.70. The second-order valence-corrected chi connectivity index (χ2v) is 9.71. The van der Waals surface area contributed by atoms with E-state index in [1.165, 1.54) is 17.8 Å². The predicted molar refractivity (Wildman–Crippen MR) is 154 cm³/mol. The lowest BCUT2D eigenvalue weighted by molar-refractivity contribution is 0.101. The molecule has 0 saturated heterocycles. The highest BCUT2D eigenvalue weighted by atomic mass is 16.5. The van der Waals surface area contributed by atoms with E-state index in [4.69, 9.17) is 14.1 Å². The number of ketones is 1. The normalized spacial score (nSPS) is 11.5. The number of furan rings is 1. The summed E-state index contributed by atoms with van der Waals surface area (Å²) in [6, 6.07) is 22.1. The smallest absolute Gasteiger partial charge is 0.282 e. The number of methoxy groups -OCH3 is 1. The van der Waals surface area contributed by atoms with Gasteiger partial charge in [0.05, 0.1) is 24.2 Å². The van der Waals surface area contributed by atoms with Gasteiger partial charge in [0.2, 0.25) is 0 Å². The number of rotatable bonds is 7. The quantitative estimate of drug-likeness (QED) is 0.173. The lowest BCUT2D eigenvalue weighted by Crippen LogP contribution is -2.20. The van der Waals surface area contributed by atoms with Crippen LogP contribution in [-0.4, -0.2) is 28.8 Å².